The third-order valence-corrected chi connectivity index (χ3v) is 2.46. The van der Waals surface area contributed by atoms with Crippen molar-refractivity contribution in [2.75, 3.05) is 0 Å². The molecule has 0 unspecified atom stereocenters. The molecule has 0 aliphatic rings. The lowest BCUT2D eigenvalue weighted by Crippen LogP contribution is -2.17. The molecule has 0 heterocycles. The summed E-state index contributed by atoms with van der Waals surface area (Å²) in [5.74, 6) is 0. The van der Waals surface area contributed by atoms with Gasteiger partial charge in [0.2, 0.25) is 0 Å². The van der Waals surface area contributed by atoms with Gasteiger partial charge < -0.3 is 5.09 Å². The van der Waals surface area contributed by atoms with E-state index in [1.165, 1.54) is 6.20 Å². The molecule has 4 nitrogen and oxygen atoms in total. The zero-order chi connectivity index (χ0) is 11.3. The maximum atomic E-state index is 8.91. The SMILES string of the molecule is N#C/C(=C\NP(N)(N)=S)c1ccccc1. The van der Waals surface area contributed by atoms with Crippen LogP contribution in [-0.4, -0.2) is 0 Å². The zero-order valence-electron chi connectivity index (χ0n) is 7.92. The molecule has 1 rings (SSSR count). The van der Waals surface area contributed by atoms with Crippen molar-refractivity contribution in [3.8, 4) is 6.07 Å². The molecule has 0 atom stereocenters. The summed E-state index contributed by atoms with van der Waals surface area (Å²) in [5, 5.41) is 11.6. The van der Waals surface area contributed by atoms with Crippen LogP contribution in [0, 0.1) is 11.3 Å². The van der Waals surface area contributed by atoms with Gasteiger partial charge in [0.1, 0.15) is 6.07 Å². The van der Waals surface area contributed by atoms with Crippen molar-refractivity contribution >= 4 is 23.9 Å². The third-order valence-electron chi connectivity index (χ3n) is 1.62. The minimum absolute atomic E-state index is 0.459. The van der Waals surface area contributed by atoms with Gasteiger partial charge in [-0.15, -0.1) is 0 Å². The van der Waals surface area contributed by atoms with Gasteiger partial charge >= 0.3 is 0 Å². The van der Waals surface area contributed by atoms with Crippen molar-refractivity contribution in [2.45, 2.75) is 0 Å². The second-order valence-corrected chi connectivity index (χ2v) is 6.36. The molecule has 0 aliphatic heterocycles. The molecule has 0 saturated carbocycles. The molecule has 0 aromatic heterocycles. The topological polar surface area (TPSA) is 87.9 Å². The summed E-state index contributed by atoms with van der Waals surface area (Å²) in [6, 6.07) is 11.3. The van der Waals surface area contributed by atoms with Crippen LogP contribution in [0.2, 0.25) is 0 Å². The molecule has 0 amide bonds. The van der Waals surface area contributed by atoms with Crippen LogP contribution in [0.5, 0.6) is 0 Å². The Bertz CT molecular complexity index is 443. The van der Waals surface area contributed by atoms with Crippen LogP contribution >= 0.6 is 6.49 Å². The average Bonchev–Trinajstić information content (AvgIpc) is 2.19. The van der Waals surface area contributed by atoms with E-state index in [4.69, 9.17) is 28.1 Å². The van der Waals surface area contributed by atoms with Crippen LogP contribution in [0.4, 0.5) is 0 Å². The Morgan fingerprint density at radius 2 is 2.00 bits per heavy atom. The summed E-state index contributed by atoms with van der Waals surface area (Å²) in [7, 11) is 0. The van der Waals surface area contributed by atoms with E-state index < -0.39 is 6.49 Å². The van der Waals surface area contributed by atoms with Gasteiger partial charge in [-0.3, -0.25) is 11.0 Å². The maximum absolute atomic E-state index is 8.91. The quantitative estimate of drug-likeness (QED) is 0.545. The predicted molar refractivity (Wildman–Crippen MR) is 65.8 cm³/mol. The lowest BCUT2D eigenvalue weighted by Gasteiger charge is -2.09. The van der Waals surface area contributed by atoms with Gasteiger partial charge in [-0.2, -0.15) is 5.26 Å². The number of rotatable bonds is 3. The lowest BCUT2D eigenvalue weighted by molar-refractivity contribution is 1.34. The highest BCUT2D eigenvalue weighted by molar-refractivity contribution is 8.11. The number of nitriles is 1. The van der Waals surface area contributed by atoms with Crippen LogP contribution < -0.4 is 16.1 Å². The van der Waals surface area contributed by atoms with Gasteiger partial charge in [-0.1, -0.05) is 30.3 Å². The van der Waals surface area contributed by atoms with E-state index in [1.807, 2.05) is 36.4 Å². The van der Waals surface area contributed by atoms with E-state index >= 15 is 0 Å². The first-order valence-corrected chi connectivity index (χ1v) is 7.07. The summed E-state index contributed by atoms with van der Waals surface area (Å²) >= 11 is 4.80. The zero-order valence-corrected chi connectivity index (χ0v) is 9.63. The van der Waals surface area contributed by atoms with E-state index in [1.54, 1.807) is 0 Å². The second kappa shape index (κ2) is 5.06. The molecule has 15 heavy (non-hydrogen) atoms. The number of benzene rings is 1. The molecule has 0 fully saturated rings. The summed E-state index contributed by atoms with van der Waals surface area (Å²) in [4.78, 5) is 0. The highest BCUT2D eigenvalue weighted by Crippen LogP contribution is 2.20. The van der Waals surface area contributed by atoms with E-state index in [2.05, 4.69) is 5.09 Å². The van der Waals surface area contributed by atoms with Crippen molar-refractivity contribution in [3.63, 3.8) is 0 Å². The highest BCUT2D eigenvalue weighted by atomic mass is 32.4. The molecule has 1 aromatic carbocycles. The molecule has 1 aromatic rings. The minimum Gasteiger partial charge on any atom is -0.340 e. The number of nitrogens with two attached hydrogens (primary N) is 2. The Kier molecular flexibility index (Phi) is 4.01. The molecule has 0 spiro atoms. The first kappa shape index (κ1) is 11.9. The largest absolute Gasteiger partial charge is 0.340 e. The van der Waals surface area contributed by atoms with Gasteiger partial charge in [0.25, 0.3) is 0 Å². The van der Waals surface area contributed by atoms with Crippen molar-refractivity contribution in [1.29, 1.82) is 5.26 Å². The fourth-order valence-corrected chi connectivity index (χ4v) is 1.45. The second-order valence-electron chi connectivity index (χ2n) is 2.87. The molecular weight excluding hydrogens is 227 g/mol. The van der Waals surface area contributed by atoms with Gasteiger partial charge in [0, 0.05) is 6.20 Å². The predicted octanol–water partition coefficient (Wildman–Crippen LogP) is 1.28. The summed E-state index contributed by atoms with van der Waals surface area (Å²) in [5.41, 5.74) is 12.2. The van der Waals surface area contributed by atoms with Crippen molar-refractivity contribution in [1.82, 2.24) is 5.09 Å². The van der Waals surface area contributed by atoms with E-state index in [0.29, 0.717) is 5.57 Å². The number of nitrogens with zero attached hydrogens (tertiary/aromatic N) is 1. The Labute approximate surface area is 93.7 Å². The fraction of sp³-hybridized carbons (Fsp3) is 0. The van der Waals surface area contributed by atoms with Crippen molar-refractivity contribution in [3.05, 3.63) is 42.1 Å². The van der Waals surface area contributed by atoms with Crippen LogP contribution in [-0.2, 0) is 11.8 Å². The van der Waals surface area contributed by atoms with Crippen LogP contribution in [0.3, 0.4) is 0 Å². The Balaban J connectivity index is 2.92. The number of allylic oxidation sites excluding steroid dienone is 1. The van der Waals surface area contributed by atoms with Crippen molar-refractivity contribution < 1.29 is 0 Å². The molecule has 0 bridgehead atoms. The number of nitrogens with one attached hydrogen (secondary N) is 1. The smallest absolute Gasteiger partial charge is 0.156 e. The minimum atomic E-state index is -2.50. The summed E-state index contributed by atoms with van der Waals surface area (Å²) in [6.45, 7) is -2.50. The monoisotopic (exact) mass is 238 g/mol. The lowest BCUT2D eigenvalue weighted by atomic mass is 10.1. The van der Waals surface area contributed by atoms with Gasteiger partial charge in [-0.25, -0.2) is 0 Å². The first-order valence-electron chi connectivity index (χ1n) is 4.13. The molecule has 0 saturated heterocycles. The highest BCUT2D eigenvalue weighted by Gasteiger charge is 2.02. The van der Waals surface area contributed by atoms with Gasteiger partial charge in [0.15, 0.2) is 6.49 Å². The fourth-order valence-electron chi connectivity index (χ4n) is 0.963. The maximum Gasteiger partial charge on any atom is 0.156 e. The van der Waals surface area contributed by atoms with Gasteiger partial charge in [0.05, 0.1) is 5.57 Å². The van der Waals surface area contributed by atoms with Crippen LogP contribution in [0.1, 0.15) is 5.56 Å². The Morgan fingerprint density at radius 1 is 1.40 bits per heavy atom. The molecular formula is C9H11N4PS. The number of hydrogen-bond donors (Lipinski definition) is 3. The van der Waals surface area contributed by atoms with Crippen LogP contribution in [0.15, 0.2) is 36.5 Å². The Hall–Kier alpha value is -1.18. The molecule has 0 aliphatic carbocycles. The molecule has 5 N–H and O–H groups in total. The molecule has 6 heteroatoms. The normalized spacial score (nSPS) is 11.9. The number of hydrogen-bond acceptors (Lipinski definition) is 2. The van der Waals surface area contributed by atoms with E-state index in [0.717, 1.165) is 5.56 Å². The summed E-state index contributed by atoms with van der Waals surface area (Å²) < 4.78 is 0. The molecule has 78 valence electrons. The summed E-state index contributed by atoms with van der Waals surface area (Å²) in [6.07, 6.45) is 1.47. The average molecular weight is 238 g/mol. The third kappa shape index (κ3) is 4.24. The van der Waals surface area contributed by atoms with Gasteiger partial charge in [-0.05, 0) is 17.4 Å². The standard InChI is InChI=1S/C9H11N4PS/c10-6-9(7-13-14(11,12)15)8-4-2-1-3-5-8/h1-5,7H,(H5,11,12,13,15)/b9-7+. The van der Waals surface area contributed by atoms with Crippen LogP contribution in [0.25, 0.3) is 5.57 Å². The molecule has 0 radical (unpaired) electrons. The van der Waals surface area contributed by atoms with E-state index in [-0.39, 0.29) is 0 Å². The first-order chi connectivity index (χ1) is 7.03. The van der Waals surface area contributed by atoms with Crippen molar-refractivity contribution in [2.24, 2.45) is 11.0 Å². The Morgan fingerprint density at radius 3 is 2.47 bits per heavy atom. The van der Waals surface area contributed by atoms with E-state index in [9.17, 15) is 0 Å².